The molecule has 0 spiro atoms. The van der Waals surface area contributed by atoms with E-state index in [1.54, 1.807) is 6.33 Å². The second-order valence-corrected chi connectivity index (χ2v) is 7.02. The van der Waals surface area contributed by atoms with Crippen molar-refractivity contribution in [2.24, 2.45) is 11.7 Å². The van der Waals surface area contributed by atoms with Gasteiger partial charge in [0.05, 0.1) is 11.8 Å². The van der Waals surface area contributed by atoms with Gasteiger partial charge in [-0.3, -0.25) is 0 Å². The molecule has 1 atom stereocenters. The van der Waals surface area contributed by atoms with Crippen LogP contribution in [0.5, 0.6) is 0 Å². The van der Waals surface area contributed by atoms with Crippen molar-refractivity contribution in [2.45, 2.75) is 32.9 Å². The van der Waals surface area contributed by atoms with Gasteiger partial charge >= 0.3 is 0 Å². The van der Waals surface area contributed by atoms with E-state index in [2.05, 4.69) is 24.0 Å². The van der Waals surface area contributed by atoms with E-state index in [0.29, 0.717) is 18.2 Å². The van der Waals surface area contributed by atoms with Crippen LogP contribution in [0.2, 0.25) is 0 Å². The zero-order valence-corrected chi connectivity index (χ0v) is 11.3. The van der Waals surface area contributed by atoms with E-state index in [4.69, 9.17) is 5.73 Å². The maximum absolute atomic E-state index is 11.1. The molecule has 1 aromatic heterocycles. The predicted molar refractivity (Wildman–Crippen MR) is 66.1 cm³/mol. The first-order valence-corrected chi connectivity index (χ1v) is 7.66. The Bertz CT molecular complexity index is 453. The highest BCUT2D eigenvalue weighted by Crippen LogP contribution is 2.13. The van der Waals surface area contributed by atoms with Gasteiger partial charge < -0.3 is 10.3 Å². The molecule has 1 rings (SSSR count). The van der Waals surface area contributed by atoms with Crippen LogP contribution in [-0.4, -0.2) is 35.2 Å². The molecule has 0 radical (unpaired) electrons. The second-order valence-electron chi connectivity index (χ2n) is 4.76. The molecule has 0 saturated heterocycles. The van der Waals surface area contributed by atoms with Crippen molar-refractivity contribution in [2.75, 3.05) is 12.0 Å². The molecule has 0 aliphatic rings. The summed E-state index contributed by atoms with van der Waals surface area (Å²) in [5, 5.41) is 7.79. The molecular weight excluding hydrogens is 240 g/mol. The Morgan fingerprint density at radius 2 is 2.12 bits per heavy atom. The van der Waals surface area contributed by atoms with Gasteiger partial charge in [-0.05, 0) is 12.3 Å². The zero-order chi connectivity index (χ0) is 13.1. The van der Waals surface area contributed by atoms with Crippen LogP contribution >= 0.6 is 0 Å². The van der Waals surface area contributed by atoms with Gasteiger partial charge in [0.15, 0.2) is 0 Å². The Morgan fingerprint density at radius 1 is 1.47 bits per heavy atom. The standard InChI is InChI=1S/C10H20N4O2S/c1-8(2)6-14-7-12-13-10(14)9(11)4-5-17(3,15)16/h7-9H,4-6,11H2,1-3H3. The highest BCUT2D eigenvalue weighted by Gasteiger charge is 2.16. The quantitative estimate of drug-likeness (QED) is 0.798. The summed E-state index contributed by atoms with van der Waals surface area (Å²) in [7, 11) is -2.98. The molecule has 0 fully saturated rings. The highest BCUT2D eigenvalue weighted by atomic mass is 32.2. The lowest BCUT2D eigenvalue weighted by Gasteiger charge is -2.13. The molecule has 1 aromatic rings. The fraction of sp³-hybridized carbons (Fsp3) is 0.800. The molecule has 98 valence electrons. The third-order valence-corrected chi connectivity index (χ3v) is 3.32. The lowest BCUT2D eigenvalue weighted by molar-refractivity contribution is 0.484. The molecule has 0 saturated carbocycles. The summed E-state index contributed by atoms with van der Waals surface area (Å²) < 4.78 is 24.0. The first-order chi connectivity index (χ1) is 7.79. The topological polar surface area (TPSA) is 90.9 Å². The van der Waals surface area contributed by atoms with E-state index in [0.717, 1.165) is 6.54 Å². The van der Waals surface area contributed by atoms with Crippen LogP contribution in [0.15, 0.2) is 6.33 Å². The maximum Gasteiger partial charge on any atom is 0.149 e. The third kappa shape index (κ3) is 4.82. The summed E-state index contributed by atoms with van der Waals surface area (Å²) in [6.45, 7) is 4.96. The van der Waals surface area contributed by atoms with Crippen molar-refractivity contribution in [3.8, 4) is 0 Å². The van der Waals surface area contributed by atoms with Crippen LogP contribution in [0, 0.1) is 5.92 Å². The Kier molecular flexibility index (Phi) is 4.64. The Hall–Kier alpha value is -0.950. The lowest BCUT2D eigenvalue weighted by Crippen LogP contribution is -2.21. The van der Waals surface area contributed by atoms with Crippen molar-refractivity contribution in [3.05, 3.63) is 12.2 Å². The molecule has 1 unspecified atom stereocenters. The SMILES string of the molecule is CC(C)Cn1cnnc1C(N)CCS(C)(=O)=O. The van der Waals surface area contributed by atoms with E-state index >= 15 is 0 Å². The highest BCUT2D eigenvalue weighted by molar-refractivity contribution is 7.90. The molecule has 0 bridgehead atoms. The molecule has 1 heterocycles. The van der Waals surface area contributed by atoms with Crippen LogP contribution in [-0.2, 0) is 16.4 Å². The van der Waals surface area contributed by atoms with Crippen molar-refractivity contribution >= 4 is 9.84 Å². The molecule has 0 aliphatic carbocycles. The van der Waals surface area contributed by atoms with E-state index < -0.39 is 9.84 Å². The number of rotatable bonds is 6. The number of hydrogen-bond donors (Lipinski definition) is 1. The average Bonchev–Trinajstić information content (AvgIpc) is 2.60. The van der Waals surface area contributed by atoms with Crippen LogP contribution in [0.4, 0.5) is 0 Å². The minimum Gasteiger partial charge on any atom is -0.321 e. The minimum atomic E-state index is -2.98. The zero-order valence-electron chi connectivity index (χ0n) is 10.5. The summed E-state index contributed by atoms with van der Waals surface area (Å²) in [6.07, 6.45) is 3.21. The molecule has 17 heavy (non-hydrogen) atoms. The Labute approximate surface area is 102 Å². The summed E-state index contributed by atoms with van der Waals surface area (Å²) >= 11 is 0. The minimum absolute atomic E-state index is 0.0721. The van der Waals surface area contributed by atoms with Gasteiger partial charge in [0.25, 0.3) is 0 Å². The summed E-state index contributed by atoms with van der Waals surface area (Å²) in [5.41, 5.74) is 5.94. The normalized spacial score (nSPS) is 14.2. The molecule has 6 nitrogen and oxygen atoms in total. The van der Waals surface area contributed by atoms with E-state index in [1.807, 2.05) is 4.57 Å². The van der Waals surface area contributed by atoms with E-state index in [9.17, 15) is 8.42 Å². The summed E-state index contributed by atoms with van der Waals surface area (Å²) in [4.78, 5) is 0. The van der Waals surface area contributed by atoms with Gasteiger partial charge in [-0.1, -0.05) is 13.8 Å². The van der Waals surface area contributed by atoms with Gasteiger partial charge in [0.1, 0.15) is 22.0 Å². The second kappa shape index (κ2) is 5.59. The summed E-state index contributed by atoms with van der Waals surface area (Å²) in [5.74, 6) is 1.19. The first kappa shape index (κ1) is 14.1. The Balaban J connectivity index is 2.68. The van der Waals surface area contributed by atoms with Gasteiger partial charge in [-0.15, -0.1) is 10.2 Å². The molecule has 0 aromatic carbocycles. The lowest BCUT2D eigenvalue weighted by atomic mass is 10.2. The van der Waals surface area contributed by atoms with Crippen molar-refractivity contribution < 1.29 is 8.42 Å². The number of aromatic nitrogens is 3. The number of nitrogens with two attached hydrogens (primary N) is 1. The Morgan fingerprint density at radius 3 is 2.65 bits per heavy atom. The van der Waals surface area contributed by atoms with Crippen LogP contribution in [0.3, 0.4) is 0 Å². The fourth-order valence-electron chi connectivity index (χ4n) is 1.56. The van der Waals surface area contributed by atoms with Gasteiger partial charge in [0, 0.05) is 12.8 Å². The van der Waals surface area contributed by atoms with Gasteiger partial charge in [-0.25, -0.2) is 8.42 Å². The van der Waals surface area contributed by atoms with Crippen LogP contribution in [0.1, 0.15) is 32.1 Å². The predicted octanol–water partition coefficient (Wildman–Crippen LogP) is 0.369. The average molecular weight is 260 g/mol. The van der Waals surface area contributed by atoms with Crippen molar-refractivity contribution in [3.63, 3.8) is 0 Å². The molecule has 7 heteroatoms. The molecule has 2 N–H and O–H groups in total. The molecule has 0 amide bonds. The van der Waals surface area contributed by atoms with Crippen molar-refractivity contribution in [1.29, 1.82) is 0 Å². The van der Waals surface area contributed by atoms with Crippen LogP contribution in [0.25, 0.3) is 0 Å². The van der Waals surface area contributed by atoms with Gasteiger partial charge in [-0.2, -0.15) is 0 Å². The van der Waals surface area contributed by atoms with E-state index in [1.165, 1.54) is 6.26 Å². The fourth-order valence-corrected chi connectivity index (χ4v) is 2.24. The molecular formula is C10H20N4O2S. The first-order valence-electron chi connectivity index (χ1n) is 5.60. The number of nitrogens with zero attached hydrogens (tertiary/aromatic N) is 3. The largest absolute Gasteiger partial charge is 0.321 e. The molecule has 0 aliphatic heterocycles. The number of sulfone groups is 1. The maximum atomic E-state index is 11.1. The van der Waals surface area contributed by atoms with Crippen LogP contribution < -0.4 is 5.73 Å². The van der Waals surface area contributed by atoms with Gasteiger partial charge in [0.2, 0.25) is 0 Å². The monoisotopic (exact) mass is 260 g/mol. The number of hydrogen-bond acceptors (Lipinski definition) is 5. The third-order valence-electron chi connectivity index (χ3n) is 2.34. The van der Waals surface area contributed by atoms with Crippen molar-refractivity contribution in [1.82, 2.24) is 14.8 Å². The van der Waals surface area contributed by atoms with E-state index in [-0.39, 0.29) is 11.8 Å². The summed E-state index contributed by atoms with van der Waals surface area (Å²) in [6, 6.07) is -0.383. The smallest absolute Gasteiger partial charge is 0.149 e.